The van der Waals surface area contributed by atoms with Gasteiger partial charge in [0.25, 0.3) is 5.91 Å². The van der Waals surface area contributed by atoms with E-state index in [1.54, 1.807) is 6.07 Å². The molecule has 1 amide bonds. The lowest BCUT2D eigenvalue weighted by Crippen LogP contribution is -2.39. The third kappa shape index (κ3) is 3.79. The van der Waals surface area contributed by atoms with Gasteiger partial charge in [-0.1, -0.05) is 0 Å². The zero-order chi connectivity index (χ0) is 14.5. The lowest BCUT2D eigenvalue weighted by atomic mass is 9.97. The van der Waals surface area contributed by atoms with Crippen LogP contribution in [-0.4, -0.2) is 37.0 Å². The maximum Gasteiger partial charge on any atom is 0.255 e. The van der Waals surface area contributed by atoms with Crippen LogP contribution in [0.3, 0.4) is 0 Å². The van der Waals surface area contributed by atoms with Crippen molar-refractivity contribution in [3.05, 3.63) is 34.1 Å². The average molecular weight is 343 g/mol. The first kappa shape index (κ1) is 15.4. The molecule has 5 heteroatoms. The van der Waals surface area contributed by atoms with E-state index in [9.17, 15) is 9.18 Å². The van der Waals surface area contributed by atoms with Gasteiger partial charge >= 0.3 is 0 Å². The molecule has 3 nitrogen and oxygen atoms in total. The molecule has 1 aliphatic rings. The van der Waals surface area contributed by atoms with E-state index >= 15 is 0 Å². The van der Waals surface area contributed by atoms with Gasteiger partial charge in [0.2, 0.25) is 0 Å². The molecule has 0 aromatic heterocycles. The zero-order valence-corrected chi connectivity index (χ0v) is 13.2. The maximum absolute atomic E-state index is 13.3. The van der Waals surface area contributed by atoms with Crippen LogP contribution in [0.4, 0.5) is 4.39 Å². The summed E-state index contributed by atoms with van der Waals surface area (Å²) in [6.07, 6.45) is 2.18. The first-order chi connectivity index (χ1) is 9.61. The predicted molar refractivity (Wildman–Crippen MR) is 81.3 cm³/mol. The summed E-state index contributed by atoms with van der Waals surface area (Å²) in [6, 6.07) is 4.24. The van der Waals surface area contributed by atoms with Crippen LogP contribution >= 0.6 is 15.9 Å². The predicted octanol–water partition coefficient (Wildman–Crippen LogP) is 3.05. The Morgan fingerprint density at radius 1 is 1.45 bits per heavy atom. The molecule has 0 atom stereocenters. The maximum atomic E-state index is 13.3. The largest absolute Gasteiger partial charge is 0.339 e. The van der Waals surface area contributed by atoms with Gasteiger partial charge in [0.1, 0.15) is 5.82 Å². The van der Waals surface area contributed by atoms with E-state index in [0.29, 0.717) is 22.5 Å². The molecule has 1 fully saturated rings. The summed E-state index contributed by atoms with van der Waals surface area (Å²) in [5.41, 5.74) is 0.404. The Labute approximate surface area is 127 Å². The lowest BCUT2D eigenvalue weighted by molar-refractivity contribution is 0.0725. The van der Waals surface area contributed by atoms with Crippen LogP contribution in [0.5, 0.6) is 0 Å². The summed E-state index contributed by atoms with van der Waals surface area (Å²) < 4.78 is 14.0. The molecule has 1 saturated heterocycles. The van der Waals surface area contributed by atoms with Gasteiger partial charge < -0.3 is 10.2 Å². The highest BCUT2D eigenvalue weighted by molar-refractivity contribution is 9.10. The average Bonchev–Trinajstić information content (AvgIpc) is 2.47. The monoisotopic (exact) mass is 342 g/mol. The van der Waals surface area contributed by atoms with Crippen LogP contribution in [-0.2, 0) is 0 Å². The molecule has 1 aromatic rings. The Morgan fingerprint density at radius 3 is 2.80 bits per heavy atom. The number of piperidine rings is 1. The second-order valence-electron chi connectivity index (χ2n) is 5.16. The van der Waals surface area contributed by atoms with Gasteiger partial charge in [-0.15, -0.1) is 0 Å². The van der Waals surface area contributed by atoms with Crippen molar-refractivity contribution < 1.29 is 9.18 Å². The van der Waals surface area contributed by atoms with Gasteiger partial charge in [-0.25, -0.2) is 4.39 Å². The van der Waals surface area contributed by atoms with Gasteiger partial charge in [0.05, 0.1) is 5.56 Å². The first-order valence-corrected chi connectivity index (χ1v) is 7.86. The van der Waals surface area contributed by atoms with Crippen LogP contribution in [0.1, 0.15) is 30.1 Å². The quantitative estimate of drug-likeness (QED) is 0.911. The first-order valence-electron chi connectivity index (χ1n) is 7.07. The number of halogens is 2. The fourth-order valence-electron chi connectivity index (χ4n) is 2.56. The van der Waals surface area contributed by atoms with Crippen molar-refractivity contribution in [1.82, 2.24) is 10.2 Å². The number of nitrogens with one attached hydrogen (secondary N) is 1. The van der Waals surface area contributed by atoms with Gasteiger partial charge in [-0.3, -0.25) is 4.79 Å². The molecule has 0 radical (unpaired) electrons. The Balaban J connectivity index is 2.09. The molecule has 0 saturated carbocycles. The van der Waals surface area contributed by atoms with E-state index in [2.05, 4.69) is 21.2 Å². The minimum atomic E-state index is -0.380. The van der Waals surface area contributed by atoms with Crippen molar-refractivity contribution in [2.24, 2.45) is 5.92 Å². The molecule has 110 valence electrons. The zero-order valence-electron chi connectivity index (χ0n) is 11.7. The van der Waals surface area contributed by atoms with E-state index in [0.717, 1.165) is 32.5 Å². The third-order valence-electron chi connectivity index (χ3n) is 3.77. The number of hydrogen-bond acceptors (Lipinski definition) is 2. The molecular formula is C15H20BrFN2O. The molecule has 0 spiro atoms. The Bertz CT molecular complexity index is 475. The van der Waals surface area contributed by atoms with Crippen LogP contribution in [0.25, 0.3) is 0 Å². The standard InChI is InChI=1S/C15H20BrFN2O/c1-2-19(10-11-5-7-18-8-6-11)15(20)13-9-12(17)3-4-14(13)16/h3-4,9,11,18H,2,5-8,10H2,1H3. The van der Waals surface area contributed by atoms with Crippen LogP contribution < -0.4 is 5.32 Å². The Kier molecular flexibility index (Phi) is 5.54. The SMILES string of the molecule is CCN(CC1CCNCC1)C(=O)c1cc(F)ccc1Br. The topological polar surface area (TPSA) is 32.3 Å². The minimum Gasteiger partial charge on any atom is -0.339 e. The summed E-state index contributed by atoms with van der Waals surface area (Å²) in [4.78, 5) is 14.4. The highest BCUT2D eigenvalue weighted by Crippen LogP contribution is 2.21. The fourth-order valence-corrected chi connectivity index (χ4v) is 2.98. The number of nitrogens with zero attached hydrogens (tertiary/aromatic N) is 1. The number of amides is 1. The number of benzene rings is 1. The smallest absolute Gasteiger partial charge is 0.255 e. The van der Waals surface area contributed by atoms with Crippen molar-refractivity contribution in [2.75, 3.05) is 26.2 Å². The van der Waals surface area contributed by atoms with Gasteiger partial charge in [-0.05, 0) is 72.9 Å². The second-order valence-corrected chi connectivity index (χ2v) is 6.02. The molecule has 20 heavy (non-hydrogen) atoms. The molecule has 2 rings (SSSR count). The lowest BCUT2D eigenvalue weighted by Gasteiger charge is -2.29. The highest BCUT2D eigenvalue weighted by Gasteiger charge is 2.22. The van der Waals surface area contributed by atoms with E-state index < -0.39 is 0 Å². The summed E-state index contributed by atoms with van der Waals surface area (Å²) in [6.45, 7) is 5.39. The number of hydrogen-bond donors (Lipinski definition) is 1. The van der Waals surface area contributed by atoms with E-state index in [-0.39, 0.29) is 11.7 Å². The summed E-state index contributed by atoms with van der Waals surface area (Å²) >= 11 is 3.33. The number of carbonyl (C=O) groups excluding carboxylic acids is 1. The van der Waals surface area contributed by atoms with Gasteiger partial charge in [0, 0.05) is 17.6 Å². The Hall–Kier alpha value is -0.940. The second kappa shape index (κ2) is 7.18. The van der Waals surface area contributed by atoms with Crippen molar-refractivity contribution >= 4 is 21.8 Å². The normalized spacial score (nSPS) is 16.1. The van der Waals surface area contributed by atoms with Gasteiger partial charge in [0.15, 0.2) is 0 Å². The van der Waals surface area contributed by atoms with Crippen molar-refractivity contribution in [3.8, 4) is 0 Å². The molecule has 0 bridgehead atoms. The summed E-state index contributed by atoms with van der Waals surface area (Å²) in [5.74, 6) is 0.0550. The number of carbonyl (C=O) groups is 1. The van der Waals surface area contributed by atoms with E-state index in [1.165, 1.54) is 12.1 Å². The Morgan fingerprint density at radius 2 is 2.15 bits per heavy atom. The summed E-state index contributed by atoms with van der Waals surface area (Å²) in [7, 11) is 0. The van der Waals surface area contributed by atoms with Gasteiger partial charge in [-0.2, -0.15) is 0 Å². The van der Waals surface area contributed by atoms with Crippen LogP contribution in [0.2, 0.25) is 0 Å². The molecule has 0 unspecified atom stereocenters. The molecule has 1 heterocycles. The fraction of sp³-hybridized carbons (Fsp3) is 0.533. The molecule has 1 N–H and O–H groups in total. The summed E-state index contributed by atoms with van der Waals surface area (Å²) in [5, 5.41) is 3.32. The highest BCUT2D eigenvalue weighted by atomic mass is 79.9. The third-order valence-corrected chi connectivity index (χ3v) is 4.46. The van der Waals surface area contributed by atoms with Crippen molar-refractivity contribution in [3.63, 3.8) is 0 Å². The van der Waals surface area contributed by atoms with Crippen molar-refractivity contribution in [2.45, 2.75) is 19.8 Å². The molecule has 0 aliphatic carbocycles. The minimum absolute atomic E-state index is 0.0996. The van der Waals surface area contributed by atoms with Crippen molar-refractivity contribution in [1.29, 1.82) is 0 Å². The molecule has 1 aliphatic heterocycles. The molecule has 1 aromatic carbocycles. The van der Waals surface area contributed by atoms with E-state index in [4.69, 9.17) is 0 Å². The number of rotatable bonds is 4. The molecular weight excluding hydrogens is 323 g/mol. The van der Waals surface area contributed by atoms with E-state index in [1.807, 2.05) is 11.8 Å². The van der Waals surface area contributed by atoms with Crippen LogP contribution in [0.15, 0.2) is 22.7 Å². The van der Waals surface area contributed by atoms with Crippen LogP contribution in [0, 0.1) is 11.7 Å².